The van der Waals surface area contributed by atoms with Gasteiger partial charge >= 0.3 is 0 Å². The zero-order valence-corrected chi connectivity index (χ0v) is 11.3. The van der Waals surface area contributed by atoms with Crippen LogP contribution < -0.4 is 0 Å². The van der Waals surface area contributed by atoms with Crippen molar-refractivity contribution in [2.24, 2.45) is 5.92 Å². The molecule has 0 aliphatic carbocycles. The Morgan fingerprint density at radius 1 is 1.28 bits per heavy atom. The zero-order valence-electron chi connectivity index (χ0n) is 9.75. The standard InChI is InChI=1S/C12H14ClNO3S/c13-11-3-5-12(6-4-11)18(16,17)14-7-1-2-10(8-14)9-15/h3-6,9-10H,1-2,7-8H2. The summed E-state index contributed by atoms with van der Waals surface area (Å²) in [4.78, 5) is 11.0. The normalized spacial score (nSPS) is 21.7. The molecule has 0 spiro atoms. The van der Waals surface area contributed by atoms with Crippen LogP contribution in [0.1, 0.15) is 12.8 Å². The second-order valence-electron chi connectivity index (χ2n) is 4.36. The highest BCUT2D eigenvalue weighted by Gasteiger charge is 2.29. The molecule has 1 atom stereocenters. The van der Waals surface area contributed by atoms with Crippen molar-refractivity contribution in [2.75, 3.05) is 13.1 Å². The number of sulfonamides is 1. The third-order valence-electron chi connectivity index (χ3n) is 3.06. The summed E-state index contributed by atoms with van der Waals surface area (Å²) in [7, 11) is -3.51. The van der Waals surface area contributed by atoms with E-state index < -0.39 is 10.0 Å². The molecule has 0 radical (unpaired) electrons. The van der Waals surface area contributed by atoms with Crippen LogP contribution in [0.4, 0.5) is 0 Å². The fourth-order valence-corrected chi connectivity index (χ4v) is 3.72. The van der Waals surface area contributed by atoms with E-state index in [0.29, 0.717) is 11.6 Å². The van der Waals surface area contributed by atoms with Gasteiger partial charge in [-0.3, -0.25) is 0 Å². The maximum atomic E-state index is 12.3. The molecule has 1 heterocycles. The average molecular weight is 288 g/mol. The number of hydrogen-bond acceptors (Lipinski definition) is 3. The Hall–Kier alpha value is -0.910. The van der Waals surface area contributed by atoms with Crippen LogP contribution >= 0.6 is 11.6 Å². The average Bonchev–Trinajstić information content (AvgIpc) is 2.39. The van der Waals surface area contributed by atoms with Crippen molar-refractivity contribution in [3.05, 3.63) is 29.3 Å². The highest BCUT2D eigenvalue weighted by atomic mass is 35.5. The van der Waals surface area contributed by atoms with Crippen molar-refractivity contribution in [3.63, 3.8) is 0 Å². The fourth-order valence-electron chi connectivity index (χ4n) is 2.06. The van der Waals surface area contributed by atoms with Crippen LogP contribution in [-0.2, 0) is 14.8 Å². The molecule has 0 N–H and O–H groups in total. The molecule has 6 heteroatoms. The number of hydrogen-bond donors (Lipinski definition) is 0. The zero-order chi connectivity index (χ0) is 13.2. The summed E-state index contributed by atoms with van der Waals surface area (Å²) in [6.07, 6.45) is 2.32. The van der Waals surface area contributed by atoms with Crippen molar-refractivity contribution in [1.29, 1.82) is 0 Å². The number of benzene rings is 1. The number of piperidine rings is 1. The Kier molecular flexibility index (Phi) is 4.04. The van der Waals surface area contributed by atoms with E-state index in [9.17, 15) is 13.2 Å². The van der Waals surface area contributed by atoms with Gasteiger partial charge in [-0.2, -0.15) is 4.31 Å². The summed E-state index contributed by atoms with van der Waals surface area (Å²) in [6.45, 7) is 0.740. The molecule has 0 saturated carbocycles. The first-order chi connectivity index (χ1) is 8.54. The van der Waals surface area contributed by atoms with Gasteiger partial charge in [-0.25, -0.2) is 8.42 Å². The van der Waals surface area contributed by atoms with Crippen molar-refractivity contribution >= 4 is 27.9 Å². The summed E-state index contributed by atoms with van der Waals surface area (Å²) in [6, 6.07) is 6.08. The van der Waals surface area contributed by atoms with Gasteiger partial charge in [0.25, 0.3) is 0 Å². The molecule has 1 aromatic rings. The van der Waals surface area contributed by atoms with Gasteiger partial charge in [-0.1, -0.05) is 11.6 Å². The van der Waals surface area contributed by atoms with Gasteiger partial charge in [0.15, 0.2) is 0 Å². The fraction of sp³-hybridized carbons (Fsp3) is 0.417. The minimum absolute atomic E-state index is 0.194. The van der Waals surface area contributed by atoms with E-state index in [1.54, 1.807) is 12.1 Å². The van der Waals surface area contributed by atoms with E-state index in [1.165, 1.54) is 16.4 Å². The quantitative estimate of drug-likeness (QED) is 0.798. The molecule has 1 aliphatic rings. The Balaban J connectivity index is 2.25. The molecule has 18 heavy (non-hydrogen) atoms. The van der Waals surface area contributed by atoms with Crippen molar-refractivity contribution in [3.8, 4) is 0 Å². The summed E-state index contributed by atoms with van der Waals surface area (Å²) < 4.78 is 26.0. The molecule has 0 amide bonds. The largest absolute Gasteiger partial charge is 0.303 e. The van der Waals surface area contributed by atoms with E-state index in [4.69, 9.17) is 11.6 Å². The number of nitrogens with zero attached hydrogens (tertiary/aromatic N) is 1. The molecule has 2 rings (SSSR count). The maximum absolute atomic E-state index is 12.3. The topological polar surface area (TPSA) is 54.5 Å². The third-order valence-corrected chi connectivity index (χ3v) is 5.20. The first-order valence-corrected chi connectivity index (χ1v) is 7.57. The van der Waals surface area contributed by atoms with Gasteiger partial charge in [0.1, 0.15) is 6.29 Å². The van der Waals surface area contributed by atoms with E-state index in [-0.39, 0.29) is 17.4 Å². The van der Waals surface area contributed by atoms with Gasteiger partial charge in [-0.05, 0) is 37.1 Å². The minimum Gasteiger partial charge on any atom is -0.303 e. The highest BCUT2D eigenvalue weighted by Crippen LogP contribution is 2.23. The summed E-state index contributed by atoms with van der Waals surface area (Å²) in [5.41, 5.74) is 0. The van der Waals surface area contributed by atoms with Crippen LogP contribution in [0.5, 0.6) is 0 Å². The molecule has 1 aliphatic heterocycles. The van der Waals surface area contributed by atoms with Crippen LogP contribution in [0.25, 0.3) is 0 Å². The second kappa shape index (κ2) is 5.38. The van der Waals surface area contributed by atoms with Gasteiger partial charge in [-0.15, -0.1) is 0 Å². The SMILES string of the molecule is O=CC1CCCN(S(=O)(=O)c2ccc(Cl)cc2)C1. The van der Waals surface area contributed by atoms with E-state index in [0.717, 1.165) is 19.1 Å². The maximum Gasteiger partial charge on any atom is 0.243 e. The monoisotopic (exact) mass is 287 g/mol. The predicted octanol–water partition coefficient (Wildman–Crippen LogP) is 1.94. The first kappa shape index (κ1) is 13.5. The van der Waals surface area contributed by atoms with Crippen LogP contribution in [0.15, 0.2) is 29.2 Å². The molecule has 1 fully saturated rings. The van der Waals surface area contributed by atoms with Crippen molar-refractivity contribution in [2.45, 2.75) is 17.7 Å². The molecule has 0 bridgehead atoms. The number of carbonyl (C=O) groups excluding carboxylic acids is 1. The third kappa shape index (κ3) is 2.74. The summed E-state index contributed by atoms with van der Waals surface area (Å²) in [5.74, 6) is -0.194. The number of aldehydes is 1. The van der Waals surface area contributed by atoms with Gasteiger partial charge in [0.05, 0.1) is 4.90 Å². The Morgan fingerprint density at radius 3 is 2.56 bits per heavy atom. The van der Waals surface area contributed by atoms with Crippen molar-refractivity contribution in [1.82, 2.24) is 4.31 Å². The van der Waals surface area contributed by atoms with Crippen LogP contribution in [0.2, 0.25) is 5.02 Å². The lowest BCUT2D eigenvalue weighted by Gasteiger charge is -2.29. The van der Waals surface area contributed by atoms with Gasteiger partial charge in [0, 0.05) is 24.0 Å². The Morgan fingerprint density at radius 2 is 1.94 bits per heavy atom. The molecule has 98 valence electrons. The van der Waals surface area contributed by atoms with E-state index in [2.05, 4.69) is 0 Å². The van der Waals surface area contributed by atoms with Gasteiger partial charge < -0.3 is 4.79 Å². The highest BCUT2D eigenvalue weighted by molar-refractivity contribution is 7.89. The number of rotatable bonds is 3. The van der Waals surface area contributed by atoms with Crippen molar-refractivity contribution < 1.29 is 13.2 Å². The van der Waals surface area contributed by atoms with E-state index in [1.807, 2.05) is 0 Å². The number of carbonyl (C=O) groups is 1. The first-order valence-electron chi connectivity index (χ1n) is 5.75. The molecule has 1 unspecified atom stereocenters. The van der Waals surface area contributed by atoms with E-state index >= 15 is 0 Å². The Labute approximate surface area is 112 Å². The smallest absolute Gasteiger partial charge is 0.243 e. The second-order valence-corrected chi connectivity index (χ2v) is 6.73. The van der Waals surface area contributed by atoms with Crippen LogP contribution in [-0.4, -0.2) is 32.1 Å². The molecule has 4 nitrogen and oxygen atoms in total. The lowest BCUT2D eigenvalue weighted by atomic mass is 10.0. The number of halogens is 1. The summed E-state index contributed by atoms with van der Waals surface area (Å²) in [5, 5.41) is 0.498. The predicted molar refractivity (Wildman–Crippen MR) is 69.0 cm³/mol. The molecular formula is C12H14ClNO3S. The Bertz CT molecular complexity index is 527. The van der Waals surface area contributed by atoms with Gasteiger partial charge in [0.2, 0.25) is 10.0 Å². The van der Waals surface area contributed by atoms with Crippen LogP contribution in [0.3, 0.4) is 0 Å². The minimum atomic E-state index is -3.51. The lowest BCUT2D eigenvalue weighted by Crippen LogP contribution is -2.40. The lowest BCUT2D eigenvalue weighted by molar-refractivity contribution is -0.112. The molecular weight excluding hydrogens is 274 g/mol. The summed E-state index contributed by atoms with van der Waals surface area (Å²) >= 11 is 5.74. The van der Waals surface area contributed by atoms with Crippen LogP contribution in [0, 0.1) is 5.92 Å². The molecule has 1 saturated heterocycles. The molecule has 1 aromatic carbocycles. The molecule has 0 aromatic heterocycles.